The summed E-state index contributed by atoms with van der Waals surface area (Å²) < 4.78 is 47.7. The van der Waals surface area contributed by atoms with Gasteiger partial charge in [-0.05, 0) is 72.0 Å². The molecule has 0 aromatic heterocycles. The van der Waals surface area contributed by atoms with Crippen LogP contribution in [0, 0.1) is 0 Å². The number of aliphatic hydroxyl groups is 1. The van der Waals surface area contributed by atoms with Gasteiger partial charge in [0.25, 0.3) is 0 Å². The maximum atomic E-state index is 12.6. The van der Waals surface area contributed by atoms with Crippen LogP contribution in [0.15, 0.2) is 66.7 Å². The van der Waals surface area contributed by atoms with Crippen LogP contribution in [0.1, 0.15) is 49.4 Å². The molecule has 2 atom stereocenters. The summed E-state index contributed by atoms with van der Waals surface area (Å²) in [6.07, 6.45) is -3.06. The van der Waals surface area contributed by atoms with Crippen LogP contribution in [0.25, 0.3) is 0 Å². The third-order valence-electron chi connectivity index (χ3n) is 5.45. The van der Waals surface area contributed by atoms with Crippen LogP contribution in [-0.2, 0) is 6.42 Å². The fourth-order valence-electron chi connectivity index (χ4n) is 3.76. The summed E-state index contributed by atoms with van der Waals surface area (Å²) >= 11 is 6.21. The third-order valence-corrected chi connectivity index (χ3v) is 5.82. The average molecular weight is 508 g/mol. The summed E-state index contributed by atoms with van der Waals surface area (Å²) in [6.45, 7) is 4.32. The van der Waals surface area contributed by atoms with Crippen molar-refractivity contribution in [3.05, 3.63) is 88.4 Å². The Morgan fingerprint density at radius 2 is 1.60 bits per heavy atom. The van der Waals surface area contributed by atoms with Crippen molar-refractivity contribution in [2.24, 2.45) is 0 Å². The Kier molecular flexibility index (Phi) is 9.43. The van der Waals surface area contributed by atoms with Crippen molar-refractivity contribution < 1.29 is 27.8 Å². The molecule has 0 radical (unpaired) electrons. The van der Waals surface area contributed by atoms with E-state index in [1.807, 2.05) is 44.2 Å². The molecule has 0 aliphatic heterocycles. The minimum atomic E-state index is -4.76. The predicted molar refractivity (Wildman–Crippen MR) is 131 cm³/mol. The Hall–Kier alpha value is -2.74. The Balaban J connectivity index is 1.87. The summed E-state index contributed by atoms with van der Waals surface area (Å²) in [4.78, 5) is 0. The summed E-state index contributed by atoms with van der Waals surface area (Å²) in [5.41, 5.74) is 2.53. The zero-order valence-electron chi connectivity index (χ0n) is 19.6. The van der Waals surface area contributed by atoms with E-state index in [9.17, 15) is 18.3 Å². The molecule has 0 saturated carbocycles. The zero-order chi connectivity index (χ0) is 25.4. The molecule has 0 aliphatic rings. The molecule has 0 bridgehead atoms. The number of benzene rings is 3. The first-order chi connectivity index (χ1) is 16.7. The molecule has 2 unspecified atom stereocenters. The van der Waals surface area contributed by atoms with Crippen molar-refractivity contribution >= 4 is 11.6 Å². The zero-order valence-corrected chi connectivity index (χ0v) is 20.4. The number of aliphatic hydroxyl groups excluding tert-OH is 1. The number of nitrogens with one attached hydrogen (secondary N) is 1. The monoisotopic (exact) mass is 507 g/mol. The Morgan fingerprint density at radius 1 is 0.914 bits per heavy atom. The lowest BCUT2D eigenvalue weighted by Gasteiger charge is -2.23. The van der Waals surface area contributed by atoms with Gasteiger partial charge in [0.05, 0.1) is 12.1 Å². The molecule has 4 nitrogen and oxygen atoms in total. The number of aryl methyl sites for hydroxylation is 1. The summed E-state index contributed by atoms with van der Waals surface area (Å²) in [5.74, 6) is 0.960. The maximum absolute atomic E-state index is 12.6. The number of ether oxygens (including phenoxy) is 2. The highest BCUT2D eigenvalue weighted by Crippen LogP contribution is 2.31. The van der Waals surface area contributed by atoms with E-state index >= 15 is 0 Å². The van der Waals surface area contributed by atoms with Gasteiger partial charge in [-0.25, -0.2) is 0 Å². The van der Waals surface area contributed by atoms with Crippen LogP contribution >= 0.6 is 11.6 Å². The van der Waals surface area contributed by atoms with Gasteiger partial charge >= 0.3 is 6.36 Å². The number of halogens is 4. The minimum absolute atomic E-state index is 0.294. The number of hydrogen-bond donors (Lipinski definition) is 2. The fourth-order valence-corrected chi connectivity index (χ4v) is 4.01. The van der Waals surface area contributed by atoms with Crippen molar-refractivity contribution in [3.63, 3.8) is 0 Å². The highest BCUT2D eigenvalue weighted by Gasteiger charge is 2.31. The molecule has 0 spiro atoms. The fraction of sp³-hybridized carbons (Fsp3) is 0.333. The Morgan fingerprint density at radius 3 is 2.26 bits per heavy atom. The molecule has 8 heteroatoms. The Bertz CT molecular complexity index is 1090. The molecule has 0 aliphatic carbocycles. The van der Waals surface area contributed by atoms with Gasteiger partial charge in [-0.1, -0.05) is 56.1 Å². The van der Waals surface area contributed by atoms with E-state index in [1.54, 1.807) is 24.3 Å². The molecular weight excluding hydrogens is 479 g/mol. The highest BCUT2D eigenvalue weighted by atomic mass is 35.5. The average Bonchev–Trinajstić information content (AvgIpc) is 2.81. The molecular formula is C27H29ClF3NO3. The van der Waals surface area contributed by atoms with Gasteiger partial charge in [-0.15, -0.1) is 13.2 Å². The van der Waals surface area contributed by atoms with Crippen LogP contribution < -0.4 is 14.8 Å². The highest BCUT2D eigenvalue weighted by molar-refractivity contribution is 6.31. The molecule has 0 heterocycles. The molecule has 0 saturated heterocycles. The van der Waals surface area contributed by atoms with E-state index in [2.05, 4.69) is 10.1 Å². The lowest BCUT2D eigenvalue weighted by molar-refractivity contribution is -0.274. The predicted octanol–water partition coefficient (Wildman–Crippen LogP) is 7.43. The van der Waals surface area contributed by atoms with Crippen LogP contribution in [0.3, 0.4) is 0 Å². The molecule has 3 aromatic carbocycles. The van der Waals surface area contributed by atoms with Gasteiger partial charge in [0, 0.05) is 11.6 Å². The number of alkyl halides is 3. The molecule has 3 rings (SSSR count). The first kappa shape index (κ1) is 26.9. The summed E-state index contributed by atoms with van der Waals surface area (Å²) in [6, 6.07) is 18.2. The largest absolute Gasteiger partial charge is 0.573 e. The molecule has 3 aromatic rings. The number of hydrogen-bond acceptors (Lipinski definition) is 4. The van der Waals surface area contributed by atoms with Crippen LogP contribution in [-0.4, -0.2) is 24.1 Å². The third kappa shape index (κ3) is 8.16. The first-order valence-corrected chi connectivity index (χ1v) is 11.9. The Labute approximate surface area is 208 Å². The van der Waals surface area contributed by atoms with Crippen molar-refractivity contribution in [2.45, 2.75) is 51.6 Å². The van der Waals surface area contributed by atoms with Gasteiger partial charge in [0.15, 0.2) is 0 Å². The van der Waals surface area contributed by atoms with E-state index in [0.717, 1.165) is 29.5 Å². The van der Waals surface area contributed by atoms with Gasteiger partial charge in [0.1, 0.15) is 17.2 Å². The van der Waals surface area contributed by atoms with Crippen molar-refractivity contribution in [3.8, 4) is 17.2 Å². The van der Waals surface area contributed by atoms with E-state index in [4.69, 9.17) is 16.3 Å². The molecule has 188 valence electrons. The second-order valence-electron chi connectivity index (χ2n) is 8.18. The van der Waals surface area contributed by atoms with Gasteiger partial charge in [-0.2, -0.15) is 0 Å². The van der Waals surface area contributed by atoms with Crippen molar-refractivity contribution in [1.29, 1.82) is 0 Å². The lowest BCUT2D eigenvalue weighted by Crippen LogP contribution is -2.31. The molecule has 0 fully saturated rings. The normalized spacial score (nSPS) is 13.3. The summed E-state index contributed by atoms with van der Waals surface area (Å²) in [7, 11) is 0. The van der Waals surface area contributed by atoms with Crippen LogP contribution in [0.4, 0.5) is 13.2 Å². The van der Waals surface area contributed by atoms with E-state index < -0.39 is 12.5 Å². The minimum Gasteiger partial charge on any atom is -0.457 e. The van der Waals surface area contributed by atoms with E-state index in [0.29, 0.717) is 29.5 Å². The van der Waals surface area contributed by atoms with Crippen LogP contribution in [0.5, 0.6) is 17.2 Å². The SMILES string of the molecule is CCCC(O)CNC(c1ccc(OC(F)(F)F)cc1)c1cccc(Oc2ccc(Cl)c(CC)c2)c1. The van der Waals surface area contributed by atoms with Crippen molar-refractivity contribution in [2.75, 3.05) is 6.54 Å². The smallest absolute Gasteiger partial charge is 0.457 e. The maximum Gasteiger partial charge on any atom is 0.573 e. The van der Waals surface area contributed by atoms with Crippen LogP contribution in [0.2, 0.25) is 5.02 Å². The summed E-state index contributed by atoms with van der Waals surface area (Å²) in [5, 5.41) is 14.3. The van der Waals surface area contributed by atoms with E-state index in [1.165, 1.54) is 12.1 Å². The van der Waals surface area contributed by atoms with E-state index in [-0.39, 0.29) is 11.8 Å². The molecule has 35 heavy (non-hydrogen) atoms. The van der Waals surface area contributed by atoms with Gasteiger partial charge in [-0.3, -0.25) is 0 Å². The molecule has 2 N–H and O–H groups in total. The second-order valence-corrected chi connectivity index (χ2v) is 8.59. The van der Waals surface area contributed by atoms with Gasteiger partial charge < -0.3 is 19.9 Å². The molecule has 0 amide bonds. The van der Waals surface area contributed by atoms with Gasteiger partial charge in [0.2, 0.25) is 0 Å². The quantitative estimate of drug-likeness (QED) is 0.283. The standard InChI is InChI=1S/C27H29ClF3NO3/c1-3-6-21(33)17-32-26(19-9-11-22(12-10-19)35-27(29,30)31)20-7-5-8-23(16-20)34-24-13-14-25(28)18(4-2)15-24/h5,7-16,21,26,32-33H,3-4,6,17H2,1-2H3. The first-order valence-electron chi connectivity index (χ1n) is 11.5. The van der Waals surface area contributed by atoms with Crippen molar-refractivity contribution in [1.82, 2.24) is 5.32 Å². The lowest BCUT2D eigenvalue weighted by atomic mass is 9.98. The number of rotatable bonds is 11. The topological polar surface area (TPSA) is 50.7 Å². The second kappa shape index (κ2) is 12.3.